The van der Waals surface area contributed by atoms with Crippen LogP contribution in [0.25, 0.3) is 0 Å². The number of carbonyl (C=O) groups is 3. The zero-order valence-electron chi connectivity index (χ0n) is 14.7. The molecule has 0 bridgehead atoms. The summed E-state index contributed by atoms with van der Waals surface area (Å²) in [7, 11) is 0. The number of ether oxygens (including phenoxy) is 2. The van der Waals surface area contributed by atoms with E-state index >= 15 is 0 Å². The maximum atomic E-state index is 12.6. The number of hydrogen-bond donors (Lipinski definition) is 0. The smallest absolute Gasteiger partial charge is 0.329 e. The number of nitrogens with zero attached hydrogens (tertiary/aromatic N) is 1. The Morgan fingerprint density at radius 2 is 1.96 bits per heavy atom. The zero-order valence-corrected chi connectivity index (χ0v) is 14.7. The van der Waals surface area contributed by atoms with Crippen molar-refractivity contribution < 1.29 is 23.9 Å². The van der Waals surface area contributed by atoms with Crippen molar-refractivity contribution in [3.63, 3.8) is 0 Å². The molecule has 1 aromatic carbocycles. The summed E-state index contributed by atoms with van der Waals surface area (Å²) in [6.45, 7) is 8.51. The molecule has 1 heterocycles. The molecule has 1 aliphatic heterocycles. The van der Waals surface area contributed by atoms with Crippen LogP contribution >= 0.6 is 0 Å². The lowest BCUT2D eigenvalue weighted by Crippen LogP contribution is -2.52. The van der Waals surface area contributed by atoms with Gasteiger partial charge in [-0.25, -0.2) is 4.79 Å². The highest BCUT2D eigenvalue weighted by molar-refractivity contribution is 6.06. The number of carbonyl (C=O) groups excluding carboxylic acids is 3. The standard InChI is InChI=1S/C18H23NO5/c1-6-15(20)13-7-8-16-14(9-13)19(17(21)12(5)24-16)11(4)18(22)23-10(2)3/h7-12H,6H2,1-5H3. The summed E-state index contributed by atoms with van der Waals surface area (Å²) in [5.41, 5.74) is 0.905. The molecule has 24 heavy (non-hydrogen) atoms. The van der Waals surface area contributed by atoms with Crippen LogP contribution in [0.2, 0.25) is 0 Å². The lowest BCUT2D eigenvalue weighted by atomic mass is 10.0. The van der Waals surface area contributed by atoms with E-state index in [2.05, 4.69) is 0 Å². The van der Waals surface area contributed by atoms with Gasteiger partial charge < -0.3 is 9.47 Å². The van der Waals surface area contributed by atoms with E-state index in [0.717, 1.165) is 0 Å². The summed E-state index contributed by atoms with van der Waals surface area (Å²) in [6, 6.07) is 4.12. The van der Waals surface area contributed by atoms with Gasteiger partial charge in [0.15, 0.2) is 11.9 Å². The van der Waals surface area contributed by atoms with Gasteiger partial charge in [-0.15, -0.1) is 0 Å². The van der Waals surface area contributed by atoms with E-state index in [1.54, 1.807) is 52.8 Å². The molecule has 2 rings (SSSR count). The van der Waals surface area contributed by atoms with Crippen LogP contribution < -0.4 is 9.64 Å². The van der Waals surface area contributed by atoms with Gasteiger partial charge in [0.05, 0.1) is 11.8 Å². The van der Waals surface area contributed by atoms with Gasteiger partial charge in [-0.05, 0) is 45.9 Å². The topological polar surface area (TPSA) is 72.9 Å². The SMILES string of the molecule is CCC(=O)c1ccc2c(c1)N(C(C)C(=O)OC(C)C)C(=O)C(C)O2. The van der Waals surface area contributed by atoms with E-state index < -0.39 is 18.1 Å². The Morgan fingerprint density at radius 1 is 1.29 bits per heavy atom. The molecule has 0 aliphatic carbocycles. The fourth-order valence-electron chi connectivity index (χ4n) is 2.57. The third-order valence-electron chi connectivity index (χ3n) is 3.83. The molecule has 1 aromatic rings. The van der Waals surface area contributed by atoms with Crippen LogP contribution in [0, 0.1) is 0 Å². The molecular formula is C18H23NO5. The van der Waals surface area contributed by atoms with Gasteiger partial charge in [0.25, 0.3) is 5.91 Å². The molecule has 130 valence electrons. The molecule has 0 fully saturated rings. The maximum absolute atomic E-state index is 12.6. The lowest BCUT2D eigenvalue weighted by Gasteiger charge is -2.36. The largest absolute Gasteiger partial charge is 0.479 e. The number of fused-ring (bicyclic) bond motifs is 1. The number of hydrogen-bond acceptors (Lipinski definition) is 5. The third-order valence-corrected chi connectivity index (χ3v) is 3.83. The first kappa shape index (κ1) is 18.0. The molecule has 1 amide bonds. The molecule has 0 spiro atoms. The maximum Gasteiger partial charge on any atom is 0.329 e. The van der Waals surface area contributed by atoms with E-state index in [9.17, 15) is 14.4 Å². The number of esters is 1. The Hall–Kier alpha value is -2.37. The first-order valence-corrected chi connectivity index (χ1v) is 8.13. The highest BCUT2D eigenvalue weighted by atomic mass is 16.5. The third kappa shape index (κ3) is 3.42. The van der Waals surface area contributed by atoms with Gasteiger partial charge in [0.2, 0.25) is 0 Å². The van der Waals surface area contributed by atoms with Gasteiger partial charge in [-0.2, -0.15) is 0 Å². The highest BCUT2D eigenvalue weighted by Crippen LogP contribution is 2.36. The van der Waals surface area contributed by atoms with E-state index in [0.29, 0.717) is 23.4 Å². The fourth-order valence-corrected chi connectivity index (χ4v) is 2.57. The molecule has 0 N–H and O–H groups in total. The predicted octanol–water partition coefficient (Wildman–Crippen LogP) is 2.73. The van der Waals surface area contributed by atoms with Gasteiger partial charge >= 0.3 is 5.97 Å². The Balaban J connectivity index is 2.45. The number of anilines is 1. The number of benzene rings is 1. The monoisotopic (exact) mass is 333 g/mol. The normalized spacial score (nSPS) is 18.0. The van der Waals surface area contributed by atoms with Gasteiger partial charge in [-0.3, -0.25) is 14.5 Å². The zero-order chi connectivity index (χ0) is 18.0. The number of Topliss-reactive ketones (excluding diaryl/α,β-unsaturated/α-hetero) is 1. The van der Waals surface area contributed by atoms with E-state index in [4.69, 9.17) is 9.47 Å². The molecule has 0 aromatic heterocycles. The van der Waals surface area contributed by atoms with Crippen LogP contribution in [0.15, 0.2) is 18.2 Å². The van der Waals surface area contributed by atoms with E-state index in [1.807, 2.05) is 0 Å². The second kappa shape index (κ2) is 7.03. The average Bonchev–Trinajstić information content (AvgIpc) is 2.53. The molecule has 0 radical (unpaired) electrons. The van der Waals surface area contributed by atoms with Crippen LogP contribution in [0.1, 0.15) is 51.4 Å². The van der Waals surface area contributed by atoms with Crippen molar-refractivity contribution in [3.05, 3.63) is 23.8 Å². The summed E-state index contributed by atoms with van der Waals surface area (Å²) in [5, 5.41) is 0. The minimum absolute atomic E-state index is 0.0405. The van der Waals surface area contributed by atoms with Gasteiger partial charge in [0.1, 0.15) is 11.8 Å². The number of amides is 1. The Morgan fingerprint density at radius 3 is 2.54 bits per heavy atom. The molecule has 0 saturated heterocycles. The van der Waals surface area contributed by atoms with Crippen molar-refractivity contribution >= 4 is 23.3 Å². The van der Waals surface area contributed by atoms with Crippen LogP contribution in [-0.2, 0) is 14.3 Å². The van der Waals surface area contributed by atoms with Crippen molar-refractivity contribution in [2.75, 3.05) is 4.90 Å². The minimum Gasteiger partial charge on any atom is -0.479 e. The van der Waals surface area contributed by atoms with Crippen molar-refractivity contribution in [2.45, 2.75) is 59.3 Å². The van der Waals surface area contributed by atoms with Gasteiger partial charge in [-0.1, -0.05) is 6.92 Å². The summed E-state index contributed by atoms with van der Waals surface area (Å²) >= 11 is 0. The quantitative estimate of drug-likeness (QED) is 0.612. The first-order valence-electron chi connectivity index (χ1n) is 8.13. The van der Waals surface area contributed by atoms with Crippen LogP contribution in [-0.4, -0.2) is 35.9 Å². The Labute approximate surface area is 141 Å². The Kier molecular flexibility index (Phi) is 5.26. The van der Waals surface area contributed by atoms with Crippen LogP contribution in [0.4, 0.5) is 5.69 Å². The van der Waals surface area contributed by atoms with Crippen LogP contribution in [0.5, 0.6) is 5.75 Å². The van der Waals surface area contributed by atoms with E-state index in [-0.39, 0.29) is 17.8 Å². The van der Waals surface area contributed by atoms with Crippen molar-refractivity contribution in [2.24, 2.45) is 0 Å². The Bertz CT molecular complexity index is 667. The van der Waals surface area contributed by atoms with Crippen molar-refractivity contribution in [3.8, 4) is 5.75 Å². The highest BCUT2D eigenvalue weighted by Gasteiger charge is 2.38. The fraction of sp³-hybridized carbons (Fsp3) is 0.500. The number of rotatable bonds is 5. The second-order valence-electron chi connectivity index (χ2n) is 6.09. The summed E-state index contributed by atoms with van der Waals surface area (Å²) in [5.74, 6) is -0.400. The minimum atomic E-state index is -0.808. The molecule has 6 heteroatoms. The molecule has 0 saturated carbocycles. The summed E-state index contributed by atoms with van der Waals surface area (Å²) in [4.78, 5) is 38.2. The van der Waals surface area contributed by atoms with Crippen molar-refractivity contribution in [1.82, 2.24) is 0 Å². The molecular weight excluding hydrogens is 310 g/mol. The predicted molar refractivity (Wildman–Crippen MR) is 89.3 cm³/mol. The second-order valence-corrected chi connectivity index (χ2v) is 6.09. The molecule has 2 atom stereocenters. The summed E-state index contributed by atoms with van der Waals surface area (Å²) < 4.78 is 10.8. The van der Waals surface area contributed by atoms with Gasteiger partial charge in [0, 0.05) is 12.0 Å². The average molecular weight is 333 g/mol. The number of ketones is 1. The lowest BCUT2D eigenvalue weighted by molar-refractivity contribution is -0.150. The molecule has 2 unspecified atom stereocenters. The van der Waals surface area contributed by atoms with Crippen molar-refractivity contribution in [1.29, 1.82) is 0 Å². The molecule has 6 nitrogen and oxygen atoms in total. The van der Waals surface area contributed by atoms with E-state index in [1.165, 1.54) is 4.90 Å². The first-order chi connectivity index (χ1) is 11.3. The van der Waals surface area contributed by atoms with Crippen LogP contribution in [0.3, 0.4) is 0 Å². The summed E-state index contributed by atoms with van der Waals surface area (Å²) in [6.07, 6.45) is -0.630. The molecule has 1 aliphatic rings.